The maximum absolute atomic E-state index is 12.5. The van der Waals surface area contributed by atoms with E-state index in [1.807, 2.05) is 30.3 Å². The van der Waals surface area contributed by atoms with Gasteiger partial charge in [0.15, 0.2) is 0 Å². The molecule has 2 aromatic rings. The number of hydrogen-bond acceptors (Lipinski definition) is 4. The fourth-order valence-corrected chi connectivity index (χ4v) is 3.68. The molecule has 1 amide bonds. The number of aryl methyl sites for hydroxylation is 1. The van der Waals surface area contributed by atoms with Gasteiger partial charge < -0.3 is 10.4 Å². The van der Waals surface area contributed by atoms with E-state index in [0.29, 0.717) is 16.5 Å². The molecule has 0 aliphatic heterocycles. The van der Waals surface area contributed by atoms with Crippen LogP contribution >= 0.6 is 11.3 Å². The van der Waals surface area contributed by atoms with Crippen LogP contribution < -0.4 is 5.32 Å². The molecule has 0 radical (unpaired) electrons. The molecular weight excluding hydrogens is 324 g/mol. The number of nitrogens with zero attached hydrogens (tertiary/aromatic N) is 1. The Labute approximate surface area is 144 Å². The van der Waals surface area contributed by atoms with Crippen LogP contribution in [0, 0.1) is 12.8 Å². The summed E-state index contributed by atoms with van der Waals surface area (Å²) in [5.41, 5.74) is 1.55. The van der Waals surface area contributed by atoms with Crippen LogP contribution in [0.3, 0.4) is 0 Å². The van der Waals surface area contributed by atoms with Crippen LogP contribution in [0.5, 0.6) is 0 Å². The van der Waals surface area contributed by atoms with E-state index < -0.39 is 12.0 Å². The van der Waals surface area contributed by atoms with Gasteiger partial charge in [-0.05, 0) is 31.2 Å². The summed E-state index contributed by atoms with van der Waals surface area (Å²) in [4.78, 5) is 28.9. The van der Waals surface area contributed by atoms with Crippen LogP contribution in [0.4, 0.5) is 0 Å². The predicted molar refractivity (Wildman–Crippen MR) is 92.3 cm³/mol. The molecule has 0 bridgehead atoms. The Kier molecular flexibility index (Phi) is 4.94. The molecule has 0 saturated heterocycles. The first kappa shape index (κ1) is 16.6. The van der Waals surface area contributed by atoms with Crippen LogP contribution in [-0.2, 0) is 17.6 Å². The third-order valence-electron chi connectivity index (χ3n) is 4.09. The number of hydrogen-bond donors (Lipinski definition) is 2. The number of rotatable bonds is 7. The van der Waals surface area contributed by atoms with Gasteiger partial charge in [-0.15, -0.1) is 11.3 Å². The van der Waals surface area contributed by atoms with Crippen LogP contribution in [0.15, 0.2) is 30.3 Å². The molecule has 0 spiro atoms. The molecule has 1 fully saturated rings. The van der Waals surface area contributed by atoms with Gasteiger partial charge in [-0.1, -0.05) is 30.3 Å². The molecule has 1 atom stereocenters. The number of aliphatic carboxylic acids is 1. The highest BCUT2D eigenvalue weighted by atomic mass is 32.1. The number of amides is 1. The zero-order valence-corrected chi connectivity index (χ0v) is 14.3. The number of carboxylic acids is 1. The molecule has 0 unspecified atom stereocenters. The fourth-order valence-electron chi connectivity index (χ4n) is 2.59. The second kappa shape index (κ2) is 7.13. The van der Waals surface area contributed by atoms with Crippen molar-refractivity contribution < 1.29 is 14.7 Å². The molecule has 1 aliphatic carbocycles. The number of carbonyl (C=O) groups excluding carboxylic acids is 1. The lowest BCUT2D eigenvalue weighted by molar-refractivity contribution is -0.139. The highest BCUT2D eigenvalue weighted by molar-refractivity contribution is 7.13. The smallest absolute Gasteiger partial charge is 0.326 e. The summed E-state index contributed by atoms with van der Waals surface area (Å²) in [7, 11) is 0. The molecule has 1 aromatic carbocycles. The number of benzene rings is 1. The lowest BCUT2D eigenvalue weighted by Gasteiger charge is -2.14. The maximum Gasteiger partial charge on any atom is 0.326 e. The molecule has 3 rings (SSSR count). The van der Waals surface area contributed by atoms with E-state index in [9.17, 15) is 14.7 Å². The monoisotopic (exact) mass is 344 g/mol. The van der Waals surface area contributed by atoms with Gasteiger partial charge in [-0.3, -0.25) is 4.79 Å². The zero-order chi connectivity index (χ0) is 17.1. The topological polar surface area (TPSA) is 79.3 Å². The fraction of sp³-hybridized carbons (Fsp3) is 0.389. The van der Waals surface area contributed by atoms with E-state index in [2.05, 4.69) is 10.3 Å². The van der Waals surface area contributed by atoms with Gasteiger partial charge in [-0.25, -0.2) is 9.78 Å². The van der Waals surface area contributed by atoms with E-state index in [0.717, 1.165) is 17.0 Å². The second-order valence-corrected chi connectivity index (χ2v) is 7.31. The van der Waals surface area contributed by atoms with Gasteiger partial charge in [0, 0.05) is 12.8 Å². The lowest BCUT2D eigenvalue weighted by Crippen LogP contribution is -2.42. The van der Waals surface area contributed by atoms with E-state index in [1.54, 1.807) is 6.92 Å². The van der Waals surface area contributed by atoms with E-state index in [4.69, 9.17) is 0 Å². The summed E-state index contributed by atoms with van der Waals surface area (Å²) in [6.45, 7) is 1.80. The van der Waals surface area contributed by atoms with Crippen molar-refractivity contribution in [2.24, 2.45) is 5.92 Å². The third-order valence-corrected chi connectivity index (χ3v) is 5.27. The molecule has 24 heavy (non-hydrogen) atoms. The SMILES string of the molecule is Cc1nc(CC2CC2)sc1C(=O)N[C@H](Cc1ccccc1)C(=O)O. The van der Waals surface area contributed by atoms with Gasteiger partial charge in [0.2, 0.25) is 0 Å². The molecule has 5 nitrogen and oxygen atoms in total. The molecule has 126 valence electrons. The van der Waals surface area contributed by atoms with Crippen molar-refractivity contribution in [2.75, 3.05) is 0 Å². The van der Waals surface area contributed by atoms with Crippen molar-refractivity contribution in [2.45, 2.75) is 38.6 Å². The first-order valence-corrected chi connectivity index (χ1v) is 8.88. The van der Waals surface area contributed by atoms with Crippen LogP contribution in [0.25, 0.3) is 0 Å². The summed E-state index contributed by atoms with van der Waals surface area (Å²) < 4.78 is 0. The van der Waals surface area contributed by atoms with E-state index in [-0.39, 0.29) is 12.3 Å². The molecule has 6 heteroatoms. The molecule has 2 N–H and O–H groups in total. The Morgan fingerprint density at radius 3 is 2.67 bits per heavy atom. The van der Waals surface area contributed by atoms with Crippen LogP contribution in [-0.4, -0.2) is 28.0 Å². The van der Waals surface area contributed by atoms with Crippen molar-refractivity contribution in [1.82, 2.24) is 10.3 Å². The normalized spacial score (nSPS) is 15.0. The summed E-state index contributed by atoms with van der Waals surface area (Å²) in [6.07, 6.45) is 3.65. The Hall–Kier alpha value is -2.21. The first-order valence-electron chi connectivity index (χ1n) is 8.07. The average molecular weight is 344 g/mol. The Morgan fingerprint density at radius 1 is 1.33 bits per heavy atom. The highest BCUT2D eigenvalue weighted by Crippen LogP contribution is 2.34. The quantitative estimate of drug-likeness (QED) is 0.809. The number of carbonyl (C=O) groups is 2. The van der Waals surface area contributed by atoms with Gasteiger partial charge >= 0.3 is 5.97 Å². The van der Waals surface area contributed by atoms with Crippen molar-refractivity contribution in [3.63, 3.8) is 0 Å². The average Bonchev–Trinajstić information content (AvgIpc) is 3.28. The van der Waals surface area contributed by atoms with E-state index >= 15 is 0 Å². The predicted octanol–water partition coefficient (Wildman–Crippen LogP) is 2.83. The summed E-state index contributed by atoms with van der Waals surface area (Å²) in [6, 6.07) is 8.34. The summed E-state index contributed by atoms with van der Waals surface area (Å²) in [5, 5.41) is 13.0. The van der Waals surface area contributed by atoms with Crippen molar-refractivity contribution in [3.8, 4) is 0 Å². The van der Waals surface area contributed by atoms with Gasteiger partial charge in [0.1, 0.15) is 10.9 Å². The maximum atomic E-state index is 12.5. The second-order valence-electron chi connectivity index (χ2n) is 6.22. The van der Waals surface area contributed by atoms with Crippen molar-refractivity contribution in [3.05, 3.63) is 51.5 Å². The standard InChI is InChI=1S/C18H20N2O3S/c1-11-16(24-15(19-11)10-13-7-8-13)17(21)20-14(18(22)23)9-12-5-3-2-4-6-12/h2-6,13-14H,7-10H2,1H3,(H,20,21)(H,22,23)/t14-/m1/s1. The molecule has 1 saturated carbocycles. The minimum Gasteiger partial charge on any atom is -0.480 e. The minimum atomic E-state index is -1.03. The number of carboxylic acid groups (broad SMARTS) is 1. The van der Waals surface area contributed by atoms with Crippen molar-refractivity contribution in [1.29, 1.82) is 0 Å². The Morgan fingerprint density at radius 2 is 2.04 bits per heavy atom. The highest BCUT2D eigenvalue weighted by Gasteiger charge is 2.26. The third kappa shape index (κ3) is 4.20. The number of aromatic nitrogens is 1. The minimum absolute atomic E-state index is 0.259. The summed E-state index contributed by atoms with van der Waals surface area (Å²) >= 11 is 1.38. The number of nitrogens with one attached hydrogen (secondary N) is 1. The molecule has 1 heterocycles. The first-order chi connectivity index (χ1) is 11.5. The van der Waals surface area contributed by atoms with Crippen LogP contribution in [0.1, 0.15) is 38.8 Å². The van der Waals surface area contributed by atoms with Gasteiger partial charge in [0.05, 0.1) is 10.7 Å². The molecular formula is C18H20N2O3S. The van der Waals surface area contributed by atoms with Crippen molar-refractivity contribution >= 4 is 23.2 Å². The van der Waals surface area contributed by atoms with Gasteiger partial charge in [0.25, 0.3) is 5.91 Å². The zero-order valence-electron chi connectivity index (χ0n) is 13.5. The lowest BCUT2D eigenvalue weighted by atomic mass is 10.1. The number of thiazole rings is 1. The molecule has 1 aromatic heterocycles. The Balaban J connectivity index is 1.68. The largest absolute Gasteiger partial charge is 0.480 e. The van der Waals surface area contributed by atoms with Crippen LogP contribution in [0.2, 0.25) is 0 Å². The summed E-state index contributed by atoms with van der Waals surface area (Å²) in [5.74, 6) is -0.681. The molecule has 1 aliphatic rings. The van der Waals surface area contributed by atoms with Gasteiger partial charge in [-0.2, -0.15) is 0 Å². The van der Waals surface area contributed by atoms with E-state index in [1.165, 1.54) is 24.2 Å². The Bertz CT molecular complexity index is 738.